The fraction of sp³-hybridized carbons (Fsp3) is 0.368. The number of hydrogen-bond donors (Lipinski definition) is 1. The van der Waals surface area contributed by atoms with Crippen LogP contribution < -0.4 is 10.2 Å². The first-order valence-electron chi connectivity index (χ1n) is 8.67. The van der Waals surface area contributed by atoms with Crippen LogP contribution in [0.4, 0.5) is 14.5 Å². The van der Waals surface area contributed by atoms with Crippen molar-refractivity contribution in [3.63, 3.8) is 0 Å². The molecule has 2 heterocycles. The minimum absolute atomic E-state index is 0.137. The van der Waals surface area contributed by atoms with Gasteiger partial charge in [0.2, 0.25) is 11.8 Å². The minimum atomic E-state index is -0.849. The standard InChI is InChI=1S/C19H18F2N2O3/c20-11-8-12(21)10-13(9-11)23-6-4-15(19(23)25)18(24)22-16-2-1-3-17-14(16)5-7-26-17/h5,7-10,15-16H,1-4,6H2,(H,22,24). The van der Waals surface area contributed by atoms with Crippen molar-refractivity contribution >= 4 is 17.5 Å². The lowest BCUT2D eigenvalue weighted by Crippen LogP contribution is -2.39. The molecule has 1 fully saturated rings. The molecule has 0 bridgehead atoms. The first-order chi connectivity index (χ1) is 12.5. The fourth-order valence-corrected chi connectivity index (χ4v) is 3.78. The molecule has 2 unspecified atom stereocenters. The van der Waals surface area contributed by atoms with Gasteiger partial charge in [-0.1, -0.05) is 0 Å². The summed E-state index contributed by atoms with van der Waals surface area (Å²) >= 11 is 0. The van der Waals surface area contributed by atoms with Crippen molar-refractivity contribution in [2.24, 2.45) is 5.92 Å². The van der Waals surface area contributed by atoms with Crippen molar-refractivity contribution in [1.29, 1.82) is 0 Å². The van der Waals surface area contributed by atoms with Crippen LogP contribution in [0.25, 0.3) is 0 Å². The van der Waals surface area contributed by atoms with Crippen molar-refractivity contribution in [2.75, 3.05) is 11.4 Å². The maximum atomic E-state index is 13.4. The van der Waals surface area contributed by atoms with Crippen LogP contribution >= 0.6 is 0 Å². The fourth-order valence-electron chi connectivity index (χ4n) is 3.78. The molecule has 136 valence electrons. The van der Waals surface area contributed by atoms with Crippen LogP contribution in [0.3, 0.4) is 0 Å². The minimum Gasteiger partial charge on any atom is -0.469 e. The van der Waals surface area contributed by atoms with Crippen molar-refractivity contribution in [2.45, 2.75) is 31.7 Å². The van der Waals surface area contributed by atoms with Gasteiger partial charge in [-0.2, -0.15) is 0 Å². The summed E-state index contributed by atoms with van der Waals surface area (Å²) in [5, 5.41) is 2.93. The molecule has 26 heavy (non-hydrogen) atoms. The monoisotopic (exact) mass is 360 g/mol. The van der Waals surface area contributed by atoms with Crippen molar-refractivity contribution in [3.8, 4) is 0 Å². The van der Waals surface area contributed by atoms with Crippen LogP contribution in [0.1, 0.15) is 36.6 Å². The molecule has 4 rings (SSSR count). The molecule has 1 aromatic heterocycles. The number of furan rings is 1. The van der Waals surface area contributed by atoms with Gasteiger partial charge in [0, 0.05) is 30.3 Å². The lowest BCUT2D eigenvalue weighted by molar-refractivity contribution is -0.132. The highest BCUT2D eigenvalue weighted by Gasteiger charge is 2.39. The smallest absolute Gasteiger partial charge is 0.239 e. The third-order valence-corrected chi connectivity index (χ3v) is 5.05. The summed E-state index contributed by atoms with van der Waals surface area (Å²) < 4.78 is 32.2. The summed E-state index contributed by atoms with van der Waals surface area (Å²) in [4.78, 5) is 26.5. The van der Waals surface area contributed by atoms with E-state index in [1.54, 1.807) is 6.26 Å². The van der Waals surface area contributed by atoms with E-state index in [2.05, 4.69) is 5.32 Å². The first-order valence-corrected chi connectivity index (χ1v) is 8.67. The largest absolute Gasteiger partial charge is 0.469 e. The second-order valence-corrected chi connectivity index (χ2v) is 6.71. The second-order valence-electron chi connectivity index (χ2n) is 6.71. The van der Waals surface area contributed by atoms with Gasteiger partial charge >= 0.3 is 0 Å². The van der Waals surface area contributed by atoms with Crippen LogP contribution in [0.2, 0.25) is 0 Å². The zero-order chi connectivity index (χ0) is 18.3. The van der Waals surface area contributed by atoms with E-state index in [4.69, 9.17) is 4.42 Å². The van der Waals surface area contributed by atoms with E-state index >= 15 is 0 Å². The van der Waals surface area contributed by atoms with Gasteiger partial charge in [0.05, 0.1) is 12.3 Å². The van der Waals surface area contributed by atoms with Crippen LogP contribution in [0.5, 0.6) is 0 Å². The Kier molecular flexibility index (Phi) is 4.22. The molecule has 2 amide bonds. The predicted molar refractivity (Wildman–Crippen MR) is 89.3 cm³/mol. The number of hydrogen-bond acceptors (Lipinski definition) is 3. The summed E-state index contributed by atoms with van der Waals surface area (Å²) in [5.41, 5.74) is 1.09. The van der Waals surface area contributed by atoms with E-state index in [9.17, 15) is 18.4 Å². The molecule has 0 saturated carbocycles. The molecule has 0 radical (unpaired) electrons. The van der Waals surface area contributed by atoms with E-state index in [-0.39, 0.29) is 24.2 Å². The number of nitrogens with one attached hydrogen (secondary N) is 1. The quantitative estimate of drug-likeness (QED) is 0.856. The number of rotatable bonds is 3. The molecule has 1 saturated heterocycles. The molecule has 1 aromatic carbocycles. The molecule has 1 aliphatic heterocycles. The number of carbonyl (C=O) groups is 2. The second kappa shape index (κ2) is 6.55. The van der Waals surface area contributed by atoms with E-state index in [1.165, 1.54) is 4.90 Å². The Labute approximate surface area is 149 Å². The molecule has 5 nitrogen and oxygen atoms in total. The van der Waals surface area contributed by atoms with Gasteiger partial charge in [0.1, 0.15) is 23.3 Å². The van der Waals surface area contributed by atoms with Gasteiger partial charge < -0.3 is 14.6 Å². The Morgan fingerprint density at radius 2 is 1.96 bits per heavy atom. The molecule has 2 aliphatic rings. The van der Waals surface area contributed by atoms with E-state index in [0.29, 0.717) is 6.42 Å². The third-order valence-electron chi connectivity index (χ3n) is 5.05. The van der Waals surface area contributed by atoms with E-state index in [1.807, 2.05) is 6.07 Å². The van der Waals surface area contributed by atoms with Crippen molar-refractivity contribution < 1.29 is 22.8 Å². The zero-order valence-electron chi connectivity index (χ0n) is 14.0. The number of benzene rings is 1. The highest BCUT2D eigenvalue weighted by atomic mass is 19.1. The highest BCUT2D eigenvalue weighted by Crippen LogP contribution is 2.32. The number of nitrogens with zero attached hydrogens (tertiary/aromatic N) is 1. The molecule has 2 atom stereocenters. The third kappa shape index (κ3) is 2.98. The van der Waals surface area contributed by atoms with E-state index < -0.39 is 23.5 Å². The Morgan fingerprint density at radius 1 is 1.19 bits per heavy atom. The maximum absolute atomic E-state index is 13.4. The molecule has 7 heteroatoms. The molecular weight excluding hydrogens is 342 g/mol. The van der Waals surface area contributed by atoms with Gasteiger partial charge in [-0.25, -0.2) is 8.78 Å². The van der Waals surface area contributed by atoms with Crippen LogP contribution in [-0.2, 0) is 16.0 Å². The number of anilines is 1. The number of amides is 2. The zero-order valence-corrected chi connectivity index (χ0v) is 14.0. The summed E-state index contributed by atoms with van der Waals surface area (Å²) in [7, 11) is 0. The Morgan fingerprint density at radius 3 is 2.73 bits per heavy atom. The maximum Gasteiger partial charge on any atom is 0.239 e. The highest BCUT2D eigenvalue weighted by molar-refractivity contribution is 6.09. The number of halogens is 2. The number of aryl methyl sites for hydroxylation is 1. The van der Waals surface area contributed by atoms with Gasteiger partial charge in [0.15, 0.2) is 0 Å². The van der Waals surface area contributed by atoms with Crippen LogP contribution in [-0.4, -0.2) is 18.4 Å². The summed E-state index contributed by atoms with van der Waals surface area (Å²) in [5.74, 6) is -2.27. The Balaban J connectivity index is 1.48. The van der Waals surface area contributed by atoms with Gasteiger partial charge in [-0.3, -0.25) is 9.59 Å². The molecule has 2 aromatic rings. The Bertz CT molecular complexity index is 844. The summed E-state index contributed by atoms with van der Waals surface area (Å²) in [6, 6.07) is 4.62. The van der Waals surface area contributed by atoms with Crippen LogP contribution in [0.15, 0.2) is 34.9 Å². The average Bonchev–Trinajstić information content (AvgIpc) is 3.21. The average molecular weight is 360 g/mol. The predicted octanol–water partition coefficient (Wildman–Crippen LogP) is 3.10. The van der Waals surface area contributed by atoms with Crippen molar-refractivity contribution in [3.05, 3.63) is 53.5 Å². The molecular formula is C19H18F2N2O3. The van der Waals surface area contributed by atoms with Gasteiger partial charge in [-0.15, -0.1) is 0 Å². The topological polar surface area (TPSA) is 62.6 Å². The molecule has 1 N–H and O–H groups in total. The lowest BCUT2D eigenvalue weighted by Gasteiger charge is -2.24. The number of fused-ring (bicyclic) bond motifs is 1. The SMILES string of the molecule is O=C(NC1CCCc2occc21)C1CCN(c2cc(F)cc(F)c2)C1=O. The Hall–Kier alpha value is -2.70. The normalized spacial score (nSPS) is 22.4. The van der Waals surface area contributed by atoms with Gasteiger partial charge in [-0.05, 0) is 37.5 Å². The van der Waals surface area contributed by atoms with Gasteiger partial charge in [0.25, 0.3) is 0 Å². The summed E-state index contributed by atoms with van der Waals surface area (Å²) in [6.07, 6.45) is 4.45. The molecule has 0 spiro atoms. The van der Waals surface area contributed by atoms with Crippen molar-refractivity contribution in [1.82, 2.24) is 5.32 Å². The first kappa shape index (κ1) is 16.8. The van der Waals surface area contributed by atoms with Crippen LogP contribution in [0, 0.1) is 17.6 Å². The molecule has 1 aliphatic carbocycles. The number of carbonyl (C=O) groups excluding carboxylic acids is 2. The van der Waals surface area contributed by atoms with E-state index in [0.717, 1.165) is 48.8 Å². The lowest BCUT2D eigenvalue weighted by atomic mass is 9.93. The summed E-state index contributed by atoms with van der Waals surface area (Å²) in [6.45, 7) is 0.251.